The summed E-state index contributed by atoms with van der Waals surface area (Å²) in [5.41, 5.74) is 5.66. The van der Waals surface area contributed by atoms with Gasteiger partial charge in [0.25, 0.3) is 0 Å². The number of hydrogen-bond acceptors (Lipinski definition) is 5. The van der Waals surface area contributed by atoms with Gasteiger partial charge in [-0.15, -0.1) is 11.6 Å². The number of nitrogens with two attached hydrogens (primary N) is 1. The van der Waals surface area contributed by atoms with Crippen LogP contribution in [0, 0.1) is 11.8 Å². The molecule has 0 aromatic carbocycles. The molecule has 3 rings (SSSR count). The van der Waals surface area contributed by atoms with E-state index < -0.39 is 0 Å². The van der Waals surface area contributed by atoms with Crippen LogP contribution in [0.25, 0.3) is 0 Å². The minimum Gasteiger partial charge on any atom is -0.384 e. The molecule has 120 valence electrons. The van der Waals surface area contributed by atoms with E-state index in [9.17, 15) is 4.79 Å². The van der Waals surface area contributed by atoms with Crippen LogP contribution < -0.4 is 16.4 Å². The Hall–Kier alpha value is -1.56. The van der Waals surface area contributed by atoms with Crippen LogP contribution in [0.5, 0.6) is 0 Å². The molecule has 0 bridgehead atoms. The van der Waals surface area contributed by atoms with Crippen LogP contribution in [-0.4, -0.2) is 33.3 Å². The quantitative estimate of drug-likeness (QED) is 0.737. The number of rotatable bonds is 3. The Bertz CT molecular complexity index is 554. The lowest BCUT2D eigenvalue weighted by molar-refractivity contribution is -0.130. The molecule has 4 N–H and O–H groups in total. The zero-order valence-electron chi connectivity index (χ0n) is 12.6. The highest BCUT2D eigenvalue weighted by atomic mass is 35.5. The number of hydrogen-bond donors (Lipinski definition) is 3. The fraction of sp³-hybridized carbons (Fsp3) is 0.667. The summed E-state index contributed by atoms with van der Waals surface area (Å²) in [5, 5.41) is 6.59. The molecule has 6 nitrogen and oxygen atoms in total. The second kappa shape index (κ2) is 6.28. The van der Waals surface area contributed by atoms with Crippen molar-refractivity contribution in [3.8, 4) is 0 Å². The van der Waals surface area contributed by atoms with E-state index in [2.05, 4.69) is 20.6 Å². The van der Waals surface area contributed by atoms with Gasteiger partial charge in [0.2, 0.25) is 11.9 Å². The lowest BCUT2D eigenvalue weighted by Crippen LogP contribution is -2.55. The molecule has 1 amide bonds. The van der Waals surface area contributed by atoms with Crippen molar-refractivity contribution in [1.82, 2.24) is 15.3 Å². The summed E-state index contributed by atoms with van der Waals surface area (Å²) in [6.45, 7) is 1.98. The zero-order valence-corrected chi connectivity index (χ0v) is 13.4. The molecule has 1 aliphatic heterocycles. The molecule has 2 aliphatic rings. The SMILES string of the molecule is C[C@H](Nc1nccc(N)n1)C1CC2CC(Cl)CCC2NC1=O. The van der Waals surface area contributed by atoms with Gasteiger partial charge in [-0.25, -0.2) is 4.98 Å². The predicted molar refractivity (Wildman–Crippen MR) is 86.5 cm³/mol. The molecule has 22 heavy (non-hydrogen) atoms. The van der Waals surface area contributed by atoms with Crippen LogP contribution in [0.1, 0.15) is 32.6 Å². The Kier molecular flexibility index (Phi) is 4.38. The highest BCUT2D eigenvalue weighted by Gasteiger charge is 2.41. The van der Waals surface area contributed by atoms with Gasteiger partial charge in [0.15, 0.2) is 0 Å². The summed E-state index contributed by atoms with van der Waals surface area (Å²) in [4.78, 5) is 20.6. The van der Waals surface area contributed by atoms with Crippen molar-refractivity contribution in [1.29, 1.82) is 0 Å². The first kappa shape index (κ1) is 15.3. The van der Waals surface area contributed by atoms with Gasteiger partial charge in [0, 0.05) is 23.7 Å². The van der Waals surface area contributed by atoms with Crippen LogP contribution in [0.15, 0.2) is 12.3 Å². The Morgan fingerprint density at radius 3 is 3.05 bits per heavy atom. The summed E-state index contributed by atoms with van der Waals surface area (Å²) in [5.74, 6) is 1.34. The van der Waals surface area contributed by atoms with E-state index in [4.69, 9.17) is 17.3 Å². The number of anilines is 2. The molecule has 1 aromatic heterocycles. The Morgan fingerprint density at radius 1 is 1.45 bits per heavy atom. The lowest BCUT2D eigenvalue weighted by atomic mass is 9.74. The second-order valence-electron chi connectivity index (χ2n) is 6.37. The first-order valence-corrected chi connectivity index (χ1v) is 8.26. The van der Waals surface area contributed by atoms with Crippen molar-refractivity contribution in [3.05, 3.63) is 12.3 Å². The number of nitrogen functional groups attached to an aromatic ring is 1. The third-order valence-corrected chi connectivity index (χ3v) is 5.17. The van der Waals surface area contributed by atoms with E-state index in [0.717, 1.165) is 25.7 Å². The smallest absolute Gasteiger partial charge is 0.225 e. The number of nitrogens with one attached hydrogen (secondary N) is 2. The first-order valence-electron chi connectivity index (χ1n) is 7.82. The van der Waals surface area contributed by atoms with Crippen LogP contribution in [0.4, 0.5) is 11.8 Å². The molecule has 0 radical (unpaired) electrons. The highest BCUT2D eigenvalue weighted by molar-refractivity contribution is 6.20. The number of carbonyl (C=O) groups is 1. The third-order valence-electron chi connectivity index (χ3n) is 4.78. The molecule has 0 spiro atoms. The number of carbonyl (C=O) groups excluding carboxylic acids is 1. The van der Waals surface area contributed by atoms with Gasteiger partial charge in [-0.1, -0.05) is 0 Å². The van der Waals surface area contributed by atoms with Gasteiger partial charge in [-0.3, -0.25) is 4.79 Å². The first-order chi connectivity index (χ1) is 10.5. The topological polar surface area (TPSA) is 92.9 Å². The monoisotopic (exact) mass is 323 g/mol. The van der Waals surface area contributed by atoms with Crippen molar-refractivity contribution < 1.29 is 4.79 Å². The van der Waals surface area contributed by atoms with Crippen molar-refractivity contribution in [2.24, 2.45) is 11.8 Å². The molecule has 1 saturated carbocycles. The largest absolute Gasteiger partial charge is 0.384 e. The van der Waals surface area contributed by atoms with Crippen LogP contribution in [0.3, 0.4) is 0 Å². The van der Waals surface area contributed by atoms with Gasteiger partial charge in [0.1, 0.15) is 5.82 Å². The summed E-state index contributed by atoms with van der Waals surface area (Å²) >= 11 is 6.29. The van der Waals surface area contributed by atoms with E-state index in [1.807, 2.05) is 6.92 Å². The summed E-state index contributed by atoms with van der Waals surface area (Å²) < 4.78 is 0. The number of alkyl halides is 1. The van der Waals surface area contributed by atoms with E-state index in [1.165, 1.54) is 0 Å². The fourth-order valence-electron chi connectivity index (χ4n) is 3.56. The maximum Gasteiger partial charge on any atom is 0.225 e. The molecule has 2 heterocycles. The normalized spacial score (nSPS) is 32.7. The molecule has 5 atom stereocenters. The number of halogens is 1. The average molecular weight is 324 g/mol. The third kappa shape index (κ3) is 3.27. The maximum absolute atomic E-state index is 12.4. The van der Waals surface area contributed by atoms with Gasteiger partial charge < -0.3 is 16.4 Å². The molecule has 1 aromatic rings. The van der Waals surface area contributed by atoms with Crippen molar-refractivity contribution in [3.63, 3.8) is 0 Å². The van der Waals surface area contributed by atoms with Gasteiger partial charge in [-0.05, 0) is 44.6 Å². The van der Waals surface area contributed by atoms with Crippen molar-refractivity contribution in [2.75, 3.05) is 11.1 Å². The number of aromatic nitrogens is 2. The predicted octanol–water partition coefficient (Wildman–Crippen LogP) is 1.77. The minimum absolute atomic E-state index is 0.0570. The van der Waals surface area contributed by atoms with Crippen molar-refractivity contribution in [2.45, 2.75) is 50.1 Å². The Labute approximate surface area is 135 Å². The molecule has 4 unspecified atom stereocenters. The van der Waals surface area contributed by atoms with E-state index in [-0.39, 0.29) is 29.3 Å². The Balaban J connectivity index is 1.66. The molecular weight excluding hydrogens is 302 g/mol. The summed E-state index contributed by atoms with van der Waals surface area (Å²) in [6.07, 6.45) is 5.41. The average Bonchev–Trinajstić information content (AvgIpc) is 2.47. The standard InChI is InChI=1S/C15H22ClN5O/c1-8(19-15-18-5-4-13(17)21-15)11-7-9-6-10(16)2-3-12(9)20-14(11)22/h4-5,8-12H,2-3,6-7H2,1H3,(H,20,22)(H3,17,18,19,21)/t8-,9?,10?,11?,12?/m0/s1. The fourth-order valence-corrected chi connectivity index (χ4v) is 3.91. The van der Waals surface area contributed by atoms with Crippen LogP contribution >= 0.6 is 11.6 Å². The second-order valence-corrected chi connectivity index (χ2v) is 6.98. The zero-order chi connectivity index (χ0) is 15.7. The van der Waals surface area contributed by atoms with Crippen LogP contribution in [0.2, 0.25) is 0 Å². The van der Waals surface area contributed by atoms with E-state index in [1.54, 1.807) is 12.3 Å². The molecule has 1 saturated heterocycles. The number of nitrogens with zero attached hydrogens (tertiary/aromatic N) is 2. The molecule has 7 heteroatoms. The van der Waals surface area contributed by atoms with E-state index in [0.29, 0.717) is 17.7 Å². The van der Waals surface area contributed by atoms with E-state index >= 15 is 0 Å². The maximum atomic E-state index is 12.4. The Morgan fingerprint density at radius 2 is 2.27 bits per heavy atom. The molecule has 2 fully saturated rings. The van der Waals surface area contributed by atoms with Gasteiger partial charge >= 0.3 is 0 Å². The lowest BCUT2D eigenvalue weighted by Gasteiger charge is -2.42. The minimum atomic E-state index is -0.103. The summed E-state index contributed by atoms with van der Waals surface area (Å²) in [6, 6.07) is 1.86. The molecular formula is C15H22ClN5O. The number of amides is 1. The van der Waals surface area contributed by atoms with Gasteiger partial charge in [0.05, 0.1) is 5.92 Å². The summed E-state index contributed by atoms with van der Waals surface area (Å²) in [7, 11) is 0. The van der Waals surface area contributed by atoms with Crippen molar-refractivity contribution >= 4 is 29.3 Å². The highest BCUT2D eigenvalue weighted by Crippen LogP contribution is 2.36. The number of fused-ring (bicyclic) bond motifs is 1. The van der Waals surface area contributed by atoms with Crippen LogP contribution in [-0.2, 0) is 4.79 Å². The van der Waals surface area contributed by atoms with Gasteiger partial charge in [-0.2, -0.15) is 4.98 Å². The molecule has 1 aliphatic carbocycles. The number of piperidine rings is 1.